The van der Waals surface area contributed by atoms with Crippen LogP contribution in [0.5, 0.6) is 0 Å². The van der Waals surface area contributed by atoms with E-state index in [2.05, 4.69) is 33.7 Å². The van der Waals surface area contributed by atoms with Crippen molar-refractivity contribution in [3.63, 3.8) is 0 Å². The number of benzene rings is 1. The van der Waals surface area contributed by atoms with Crippen LogP contribution in [0, 0.1) is 0 Å². The summed E-state index contributed by atoms with van der Waals surface area (Å²) < 4.78 is 2.27. The molecule has 1 aromatic carbocycles. The molecular weight excluding hydrogens is 260 g/mol. The van der Waals surface area contributed by atoms with Crippen LogP contribution in [0.25, 0.3) is 10.9 Å². The highest BCUT2D eigenvalue weighted by Gasteiger charge is 2.41. The molecule has 4 heterocycles. The summed E-state index contributed by atoms with van der Waals surface area (Å²) in [5.74, 6) is 0.668. The zero-order chi connectivity index (χ0) is 14.0. The van der Waals surface area contributed by atoms with Crippen LogP contribution in [0.1, 0.15) is 61.5 Å². The van der Waals surface area contributed by atoms with Gasteiger partial charge >= 0.3 is 0 Å². The van der Waals surface area contributed by atoms with Crippen molar-refractivity contribution in [3.8, 4) is 0 Å². The lowest BCUT2D eigenvalue weighted by Gasteiger charge is -2.44. The molecule has 1 N–H and O–H groups in total. The van der Waals surface area contributed by atoms with Crippen LogP contribution in [-0.4, -0.2) is 27.7 Å². The SMILES string of the molecule is O[C@@H]1CCC[C@H]2c3c(c4ccccc4n31)[C@H]1CCCN2C1. The van der Waals surface area contributed by atoms with Crippen molar-refractivity contribution in [3.05, 3.63) is 35.5 Å². The van der Waals surface area contributed by atoms with Crippen LogP contribution in [0.3, 0.4) is 0 Å². The number of aromatic nitrogens is 1. The molecule has 1 saturated heterocycles. The van der Waals surface area contributed by atoms with Gasteiger partial charge in [0, 0.05) is 17.6 Å². The lowest BCUT2D eigenvalue weighted by atomic mass is 9.81. The normalized spacial score (nSPS) is 34.5. The van der Waals surface area contributed by atoms with Gasteiger partial charge in [-0.1, -0.05) is 18.2 Å². The van der Waals surface area contributed by atoms with Crippen molar-refractivity contribution in [2.45, 2.75) is 50.3 Å². The summed E-state index contributed by atoms with van der Waals surface area (Å²) in [7, 11) is 0. The molecule has 0 aliphatic carbocycles. The van der Waals surface area contributed by atoms with Crippen molar-refractivity contribution in [1.82, 2.24) is 9.47 Å². The van der Waals surface area contributed by atoms with Gasteiger partial charge in [0.2, 0.25) is 0 Å². The van der Waals surface area contributed by atoms with Crippen molar-refractivity contribution >= 4 is 10.9 Å². The number of piperidine rings is 1. The first-order valence-corrected chi connectivity index (χ1v) is 8.39. The second-order valence-electron chi connectivity index (χ2n) is 6.95. The van der Waals surface area contributed by atoms with E-state index in [1.807, 2.05) is 0 Å². The van der Waals surface area contributed by atoms with Gasteiger partial charge in [0.05, 0.1) is 11.6 Å². The molecule has 4 atom stereocenters. The van der Waals surface area contributed by atoms with Gasteiger partial charge in [0.25, 0.3) is 0 Å². The maximum absolute atomic E-state index is 10.7. The Hall–Kier alpha value is -1.32. The first-order valence-electron chi connectivity index (χ1n) is 8.39. The van der Waals surface area contributed by atoms with Gasteiger partial charge in [0.15, 0.2) is 0 Å². The first-order chi connectivity index (χ1) is 10.3. The molecule has 3 nitrogen and oxygen atoms in total. The summed E-state index contributed by atoms with van der Waals surface area (Å²) >= 11 is 0. The van der Waals surface area contributed by atoms with Gasteiger partial charge in [-0.25, -0.2) is 0 Å². The van der Waals surface area contributed by atoms with Crippen LogP contribution in [0.15, 0.2) is 24.3 Å². The molecule has 1 aromatic heterocycles. The molecule has 3 aliphatic rings. The Kier molecular flexibility index (Phi) is 2.53. The fraction of sp³-hybridized carbons (Fsp3) is 0.556. The minimum Gasteiger partial charge on any atom is -0.373 e. The molecular formula is C18H22N2O. The zero-order valence-corrected chi connectivity index (χ0v) is 12.3. The van der Waals surface area contributed by atoms with Crippen LogP contribution >= 0.6 is 0 Å². The van der Waals surface area contributed by atoms with Crippen LogP contribution in [-0.2, 0) is 0 Å². The van der Waals surface area contributed by atoms with Gasteiger partial charge in [-0.15, -0.1) is 0 Å². The van der Waals surface area contributed by atoms with Crippen molar-refractivity contribution in [2.75, 3.05) is 13.1 Å². The quantitative estimate of drug-likeness (QED) is 0.800. The molecule has 21 heavy (non-hydrogen) atoms. The van der Waals surface area contributed by atoms with E-state index in [1.165, 1.54) is 48.9 Å². The Bertz CT molecular complexity index is 690. The summed E-state index contributed by atoms with van der Waals surface area (Å²) in [5, 5.41) is 12.1. The summed E-state index contributed by atoms with van der Waals surface area (Å²) in [6.45, 7) is 2.46. The third-order valence-electron chi connectivity index (χ3n) is 5.84. The standard InChI is InChI=1S/C18H22N2O/c21-16-9-3-8-15-18-17(12-5-4-10-19(15)11-12)13-6-1-2-7-14(13)20(16)18/h1-2,6-7,12,15-16,21H,3-5,8-11H2/t12-,15-,16+/m0/s1. The Balaban J connectivity index is 1.88. The molecule has 1 fully saturated rings. The Morgan fingerprint density at radius 3 is 2.90 bits per heavy atom. The molecule has 2 bridgehead atoms. The average Bonchev–Trinajstić information content (AvgIpc) is 2.76. The highest BCUT2D eigenvalue weighted by Crippen LogP contribution is 2.50. The molecule has 3 heteroatoms. The van der Waals surface area contributed by atoms with Gasteiger partial charge in [0.1, 0.15) is 6.23 Å². The summed E-state index contributed by atoms with van der Waals surface area (Å²) in [4.78, 5) is 2.68. The molecule has 0 amide bonds. The Morgan fingerprint density at radius 2 is 1.95 bits per heavy atom. The number of fused-ring (bicyclic) bond motifs is 7. The van der Waals surface area contributed by atoms with E-state index in [0.29, 0.717) is 12.0 Å². The van der Waals surface area contributed by atoms with Crippen molar-refractivity contribution in [1.29, 1.82) is 0 Å². The highest BCUT2D eigenvalue weighted by atomic mass is 16.3. The predicted octanol–water partition coefficient (Wildman–Crippen LogP) is 3.55. The van der Waals surface area contributed by atoms with Gasteiger partial charge in [-0.3, -0.25) is 4.90 Å². The maximum Gasteiger partial charge on any atom is 0.131 e. The zero-order valence-electron chi connectivity index (χ0n) is 12.3. The molecule has 110 valence electrons. The third-order valence-corrected chi connectivity index (χ3v) is 5.84. The summed E-state index contributed by atoms with van der Waals surface area (Å²) in [6.07, 6.45) is 5.50. The average molecular weight is 282 g/mol. The molecule has 5 rings (SSSR count). The highest BCUT2D eigenvalue weighted by molar-refractivity contribution is 5.87. The van der Waals surface area contributed by atoms with E-state index < -0.39 is 0 Å². The monoisotopic (exact) mass is 282 g/mol. The molecule has 3 aliphatic heterocycles. The smallest absolute Gasteiger partial charge is 0.131 e. The van der Waals surface area contributed by atoms with Crippen LogP contribution in [0.2, 0.25) is 0 Å². The molecule has 0 radical (unpaired) electrons. The molecule has 0 spiro atoms. The minimum atomic E-state index is -0.344. The minimum absolute atomic E-state index is 0.344. The van der Waals surface area contributed by atoms with Gasteiger partial charge in [-0.2, -0.15) is 0 Å². The van der Waals surface area contributed by atoms with E-state index in [4.69, 9.17) is 0 Å². The number of rotatable bonds is 0. The van der Waals surface area contributed by atoms with E-state index in [9.17, 15) is 5.11 Å². The fourth-order valence-electron chi connectivity index (χ4n) is 5.04. The van der Waals surface area contributed by atoms with E-state index in [-0.39, 0.29) is 6.23 Å². The molecule has 2 aromatic rings. The van der Waals surface area contributed by atoms with E-state index in [1.54, 1.807) is 5.56 Å². The lowest BCUT2D eigenvalue weighted by Crippen LogP contribution is -2.42. The number of nitrogens with zero attached hydrogens (tertiary/aromatic N) is 2. The van der Waals surface area contributed by atoms with Gasteiger partial charge in [-0.05, 0) is 56.2 Å². The largest absolute Gasteiger partial charge is 0.373 e. The number of hydrogen-bond acceptors (Lipinski definition) is 2. The third kappa shape index (κ3) is 1.56. The summed E-state index contributed by atoms with van der Waals surface area (Å²) in [5.41, 5.74) is 4.25. The molecule has 1 unspecified atom stereocenters. The topological polar surface area (TPSA) is 28.4 Å². The van der Waals surface area contributed by atoms with Crippen molar-refractivity contribution in [2.24, 2.45) is 0 Å². The van der Waals surface area contributed by atoms with Gasteiger partial charge < -0.3 is 9.67 Å². The maximum atomic E-state index is 10.7. The summed E-state index contributed by atoms with van der Waals surface area (Å²) in [6, 6.07) is 9.24. The Labute approximate surface area is 125 Å². The fourth-order valence-corrected chi connectivity index (χ4v) is 5.04. The number of hydrogen-bond donors (Lipinski definition) is 1. The first kappa shape index (κ1) is 12.2. The number of aliphatic hydroxyl groups excluding tert-OH is 1. The van der Waals surface area contributed by atoms with Crippen LogP contribution in [0.4, 0.5) is 0 Å². The Morgan fingerprint density at radius 1 is 1.05 bits per heavy atom. The van der Waals surface area contributed by atoms with E-state index >= 15 is 0 Å². The molecule has 0 saturated carbocycles. The number of aliphatic hydroxyl groups is 1. The second kappa shape index (κ2) is 4.34. The van der Waals surface area contributed by atoms with E-state index in [0.717, 1.165) is 12.8 Å². The van der Waals surface area contributed by atoms with Crippen LogP contribution < -0.4 is 0 Å². The number of para-hydroxylation sites is 1. The lowest BCUT2D eigenvalue weighted by molar-refractivity contribution is 0.0939. The second-order valence-corrected chi connectivity index (χ2v) is 6.95. The predicted molar refractivity (Wildman–Crippen MR) is 83.3 cm³/mol. The van der Waals surface area contributed by atoms with Crippen molar-refractivity contribution < 1.29 is 5.11 Å².